The minimum Gasteiger partial charge on any atom is -0.396 e. The van der Waals surface area contributed by atoms with Crippen LogP contribution >= 0.6 is 27.7 Å². The monoisotopic (exact) mass is 320 g/mol. The maximum absolute atomic E-state index is 8.99. The summed E-state index contributed by atoms with van der Waals surface area (Å²) >= 11 is 5.50. The standard InChI is InChI=1S/C12H21BrN2OS/c1-4-10-12(13)11(15(5-2)14-10)8-17-7-9(3)6-16/h9,16H,4-8H2,1-3H3. The Kier molecular flexibility index (Phi) is 6.59. The molecule has 17 heavy (non-hydrogen) atoms. The second-order valence-corrected chi connectivity index (χ2v) is 6.00. The highest BCUT2D eigenvalue weighted by Gasteiger charge is 2.13. The van der Waals surface area contributed by atoms with E-state index in [-0.39, 0.29) is 6.61 Å². The maximum Gasteiger partial charge on any atom is 0.0767 e. The van der Waals surface area contributed by atoms with Gasteiger partial charge in [0.1, 0.15) is 0 Å². The molecule has 0 saturated heterocycles. The summed E-state index contributed by atoms with van der Waals surface area (Å²) in [5.41, 5.74) is 2.40. The van der Waals surface area contributed by atoms with Crippen LogP contribution in [0.15, 0.2) is 4.47 Å². The summed E-state index contributed by atoms with van der Waals surface area (Å²) in [5, 5.41) is 13.6. The Bertz CT molecular complexity index is 355. The van der Waals surface area contributed by atoms with E-state index < -0.39 is 0 Å². The topological polar surface area (TPSA) is 38.0 Å². The van der Waals surface area contributed by atoms with Crippen LogP contribution in [0.25, 0.3) is 0 Å². The molecule has 1 heterocycles. The van der Waals surface area contributed by atoms with Crippen molar-refractivity contribution < 1.29 is 5.11 Å². The van der Waals surface area contributed by atoms with Gasteiger partial charge in [0.25, 0.3) is 0 Å². The van der Waals surface area contributed by atoms with E-state index in [0.29, 0.717) is 5.92 Å². The molecule has 0 aliphatic heterocycles. The number of aryl methyl sites for hydroxylation is 2. The fourth-order valence-electron chi connectivity index (χ4n) is 1.56. The predicted octanol–water partition coefficient (Wildman–Crippen LogP) is 3.09. The van der Waals surface area contributed by atoms with Gasteiger partial charge >= 0.3 is 0 Å². The van der Waals surface area contributed by atoms with Gasteiger partial charge in [0.05, 0.1) is 15.9 Å². The van der Waals surface area contributed by atoms with Gasteiger partial charge in [-0.25, -0.2) is 0 Å². The first-order chi connectivity index (χ1) is 8.13. The lowest BCUT2D eigenvalue weighted by Crippen LogP contribution is -2.06. The zero-order valence-corrected chi connectivity index (χ0v) is 13.1. The molecule has 1 atom stereocenters. The predicted molar refractivity (Wildman–Crippen MR) is 77.4 cm³/mol. The Balaban J connectivity index is 2.66. The number of nitrogens with zero attached hydrogens (tertiary/aromatic N) is 2. The summed E-state index contributed by atoms with van der Waals surface area (Å²) in [4.78, 5) is 0. The molecule has 0 aromatic carbocycles. The molecule has 98 valence electrons. The quantitative estimate of drug-likeness (QED) is 0.839. The van der Waals surface area contributed by atoms with E-state index in [9.17, 15) is 0 Å². The lowest BCUT2D eigenvalue weighted by Gasteiger charge is -2.08. The SMILES string of the molecule is CCc1nn(CC)c(CSCC(C)CO)c1Br. The van der Waals surface area contributed by atoms with Crippen LogP contribution in [0.2, 0.25) is 0 Å². The molecule has 0 spiro atoms. The van der Waals surface area contributed by atoms with Gasteiger partial charge in [-0.1, -0.05) is 13.8 Å². The highest BCUT2D eigenvalue weighted by atomic mass is 79.9. The fraction of sp³-hybridized carbons (Fsp3) is 0.750. The molecule has 5 heteroatoms. The molecule has 0 aliphatic carbocycles. The number of hydrogen-bond donors (Lipinski definition) is 1. The van der Waals surface area contributed by atoms with Crippen molar-refractivity contribution in [3.8, 4) is 0 Å². The molecule has 1 aromatic heterocycles. The molecular weight excluding hydrogens is 300 g/mol. The number of halogens is 1. The molecule has 1 rings (SSSR count). The van der Waals surface area contributed by atoms with Crippen molar-refractivity contribution in [2.24, 2.45) is 5.92 Å². The molecule has 0 amide bonds. The van der Waals surface area contributed by atoms with E-state index in [4.69, 9.17) is 5.11 Å². The number of aromatic nitrogens is 2. The molecule has 0 aliphatic rings. The van der Waals surface area contributed by atoms with Gasteiger partial charge in [-0.05, 0) is 40.9 Å². The van der Waals surface area contributed by atoms with Crippen molar-refractivity contribution in [2.75, 3.05) is 12.4 Å². The Morgan fingerprint density at radius 3 is 2.71 bits per heavy atom. The Labute approximate surface area is 116 Å². The van der Waals surface area contributed by atoms with E-state index in [0.717, 1.165) is 34.6 Å². The highest BCUT2D eigenvalue weighted by Crippen LogP contribution is 2.26. The van der Waals surface area contributed by atoms with Crippen LogP contribution in [0.1, 0.15) is 32.2 Å². The smallest absolute Gasteiger partial charge is 0.0767 e. The summed E-state index contributed by atoms with van der Waals surface area (Å²) < 4.78 is 3.23. The van der Waals surface area contributed by atoms with Crippen LogP contribution in [-0.4, -0.2) is 27.2 Å². The number of aliphatic hydroxyl groups excluding tert-OH is 1. The number of rotatable bonds is 7. The third-order valence-corrected chi connectivity index (χ3v) is 4.84. The zero-order chi connectivity index (χ0) is 12.8. The molecule has 1 unspecified atom stereocenters. The average Bonchev–Trinajstić information content (AvgIpc) is 2.65. The normalized spacial score (nSPS) is 13.0. The molecule has 1 aromatic rings. The first-order valence-electron chi connectivity index (χ1n) is 6.06. The first-order valence-corrected chi connectivity index (χ1v) is 8.01. The second-order valence-electron chi connectivity index (χ2n) is 4.18. The first kappa shape index (κ1) is 15.1. The molecular formula is C12H21BrN2OS. The Hall–Kier alpha value is -0.0000000000000000555. The van der Waals surface area contributed by atoms with Crippen molar-refractivity contribution in [3.05, 3.63) is 15.9 Å². The van der Waals surface area contributed by atoms with Gasteiger partial charge in [-0.2, -0.15) is 16.9 Å². The van der Waals surface area contributed by atoms with Crippen molar-refractivity contribution in [3.63, 3.8) is 0 Å². The molecule has 0 radical (unpaired) electrons. The zero-order valence-electron chi connectivity index (χ0n) is 10.7. The van der Waals surface area contributed by atoms with Crippen LogP contribution in [0.4, 0.5) is 0 Å². The van der Waals surface area contributed by atoms with Crippen molar-refractivity contribution in [1.82, 2.24) is 9.78 Å². The third-order valence-electron chi connectivity index (χ3n) is 2.65. The van der Waals surface area contributed by atoms with Gasteiger partial charge in [-0.15, -0.1) is 0 Å². The summed E-state index contributed by atoms with van der Waals surface area (Å²) in [6, 6.07) is 0. The van der Waals surface area contributed by atoms with Gasteiger partial charge in [0.15, 0.2) is 0 Å². The van der Waals surface area contributed by atoms with E-state index in [2.05, 4.69) is 46.5 Å². The van der Waals surface area contributed by atoms with Gasteiger partial charge < -0.3 is 5.11 Å². The lowest BCUT2D eigenvalue weighted by molar-refractivity contribution is 0.250. The summed E-state index contributed by atoms with van der Waals surface area (Å²) in [6.45, 7) is 7.48. The number of thioether (sulfide) groups is 1. The van der Waals surface area contributed by atoms with Crippen molar-refractivity contribution in [2.45, 2.75) is 39.5 Å². The van der Waals surface area contributed by atoms with E-state index in [1.807, 2.05) is 11.8 Å². The van der Waals surface area contributed by atoms with Crippen LogP contribution in [0.3, 0.4) is 0 Å². The van der Waals surface area contributed by atoms with E-state index in [1.54, 1.807) is 0 Å². The highest BCUT2D eigenvalue weighted by molar-refractivity contribution is 9.10. The number of hydrogen-bond acceptors (Lipinski definition) is 3. The van der Waals surface area contributed by atoms with E-state index in [1.165, 1.54) is 5.69 Å². The van der Waals surface area contributed by atoms with E-state index >= 15 is 0 Å². The molecule has 0 bridgehead atoms. The van der Waals surface area contributed by atoms with Crippen molar-refractivity contribution >= 4 is 27.7 Å². The largest absolute Gasteiger partial charge is 0.396 e. The third kappa shape index (κ3) is 4.00. The van der Waals surface area contributed by atoms with Crippen LogP contribution in [-0.2, 0) is 18.7 Å². The Morgan fingerprint density at radius 1 is 1.47 bits per heavy atom. The summed E-state index contributed by atoms with van der Waals surface area (Å²) in [5.74, 6) is 2.30. The lowest BCUT2D eigenvalue weighted by atomic mass is 10.2. The maximum atomic E-state index is 8.99. The molecule has 0 saturated carbocycles. The molecule has 3 nitrogen and oxygen atoms in total. The van der Waals surface area contributed by atoms with Crippen molar-refractivity contribution in [1.29, 1.82) is 0 Å². The van der Waals surface area contributed by atoms with Crippen LogP contribution in [0, 0.1) is 5.92 Å². The van der Waals surface area contributed by atoms with Crippen LogP contribution in [0.5, 0.6) is 0 Å². The Morgan fingerprint density at radius 2 is 2.18 bits per heavy atom. The average molecular weight is 321 g/mol. The van der Waals surface area contributed by atoms with Crippen LogP contribution < -0.4 is 0 Å². The van der Waals surface area contributed by atoms with Gasteiger partial charge in [0, 0.05) is 18.9 Å². The van der Waals surface area contributed by atoms with Gasteiger partial charge in [-0.3, -0.25) is 4.68 Å². The molecule has 0 fully saturated rings. The minimum atomic E-state index is 0.265. The summed E-state index contributed by atoms with van der Waals surface area (Å²) in [6.07, 6.45) is 0.957. The second kappa shape index (κ2) is 7.44. The van der Waals surface area contributed by atoms with Gasteiger partial charge in [0.2, 0.25) is 0 Å². The minimum absolute atomic E-state index is 0.265. The summed E-state index contributed by atoms with van der Waals surface area (Å²) in [7, 11) is 0. The molecule has 1 N–H and O–H groups in total. The number of aliphatic hydroxyl groups is 1. The fourth-order valence-corrected chi connectivity index (χ4v) is 3.57.